The summed E-state index contributed by atoms with van der Waals surface area (Å²) in [6, 6.07) is 7.03. The van der Waals surface area contributed by atoms with Gasteiger partial charge in [-0.15, -0.1) is 0 Å². The Morgan fingerprint density at radius 3 is 2.42 bits per heavy atom. The van der Waals surface area contributed by atoms with Crippen molar-refractivity contribution in [1.82, 2.24) is 9.88 Å². The van der Waals surface area contributed by atoms with Crippen molar-refractivity contribution >= 4 is 34.0 Å². The molecular weight excluding hydrogens is 412 g/mol. The Hall–Kier alpha value is -2.61. The predicted molar refractivity (Wildman–Crippen MR) is 123 cm³/mol. The van der Waals surface area contributed by atoms with Crippen molar-refractivity contribution in [2.75, 3.05) is 36.4 Å². The number of nitrogens with one attached hydrogen (secondary N) is 1. The number of nitrogens with zero attached hydrogens (tertiary/aromatic N) is 3. The van der Waals surface area contributed by atoms with E-state index in [0.29, 0.717) is 28.0 Å². The molecule has 2 aliphatic rings. The Balaban J connectivity index is 1.34. The molecule has 2 aliphatic heterocycles. The Morgan fingerprint density at radius 1 is 1.13 bits per heavy atom. The molecule has 31 heavy (non-hydrogen) atoms. The number of hydrogen-bond acceptors (Lipinski definition) is 6. The number of anilines is 2. The third-order valence-electron chi connectivity index (χ3n) is 5.93. The molecule has 2 aromatic rings. The fraction of sp³-hybridized carbons (Fsp3) is 0.522. The molecule has 0 bridgehead atoms. The van der Waals surface area contributed by atoms with Crippen molar-refractivity contribution in [3.63, 3.8) is 0 Å². The molecule has 0 saturated carbocycles. The van der Waals surface area contributed by atoms with Crippen LogP contribution < -0.4 is 10.2 Å². The zero-order valence-corrected chi connectivity index (χ0v) is 19.0. The van der Waals surface area contributed by atoms with Gasteiger partial charge >= 0.3 is 0 Å². The summed E-state index contributed by atoms with van der Waals surface area (Å²) in [6.07, 6.45) is 3.49. The molecule has 3 heterocycles. The Labute approximate surface area is 187 Å². The van der Waals surface area contributed by atoms with Gasteiger partial charge in [0.05, 0.1) is 11.3 Å². The fourth-order valence-electron chi connectivity index (χ4n) is 4.55. The maximum absolute atomic E-state index is 12.8. The van der Waals surface area contributed by atoms with Crippen LogP contribution in [0.5, 0.6) is 5.88 Å². The van der Waals surface area contributed by atoms with E-state index in [1.807, 2.05) is 4.90 Å². The van der Waals surface area contributed by atoms with Gasteiger partial charge in [0.2, 0.25) is 11.8 Å². The lowest BCUT2D eigenvalue weighted by molar-refractivity contribution is -0.115. The lowest BCUT2D eigenvalue weighted by Gasteiger charge is -2.35. The van der Waals surface area contributed by atoms with Crippen LogP contribution in [0.2, 0.25) is 0 Å². The normalized spacial score (nSPS) is 21.4. The molecule has 1 aromatic heterocycles. The van der Waals surface area contributed by atoms with E-state index in [4.69, 9.17) is 0 Å². The lowest BCUT2D eigenvalue weighted by atomic mass is 9.91. The molecule has 7 nitrogen and oxygen atoms in total. The molecule has 2 atom stereocenters. The molecule has 8 heteroatoms. The van der Waals surface area contributed by atoms with Crippen molar-refractivity contribution in [1.29, 1.82) is 0 Å². The summed E-state index contributed by atoms with van der Waals surface area (Å²) in [7, 11) is 0. The number of amides is 2. The van der Waals surface area contributed by atoms with Crippen LogP contribution in [0, 0.1) is 11.8 Å². The molecule has 2 saturated heterocycles. The minimum atomic E-state index is -0.218. The highest BCUT2D eigenvalue weighted by molar-refractivity contribution is 7.16. The van der Waals surface area contributed by atoms with Crippen LogP contribution in [0.3, 0.4) is 0 Å². The third kappa shape index (κ3) is 5.18. The van der Waals surface area contributed by atoms with E-state index in [0.717, 1.165) is 50.6 Å². The number of carbonyl (C=O) groups is 2. The molecule has 2 amide bonds. The molecule has 0 spiro atoms. The first-order valence-electron chi connectivity index (χ1n) is 11.0. The van der Waals surface area contributed by atoms with Crippen LogP contribution in [0.15, 0.2) is 24.3 Å². The second-order valence-corrected chi connectivity index (χ2v) is 9.96. The first-order valence-corrected chi connectivity index (χ1v) is 11.8. The number of hydrogen-bond donors (Lipinski definition) is 2. The number of likely N-dealkylation sites (tertiary alicyclic amines) is 1. The molecule has 4 rings (SSSR count). The number of piperidine rings is 1. The topological polar surface area (TPSA) is 85.8 Å². The number of benzene rings is 1. The Bertz CT molecular complexity index is 927. The molecule has 166 valence electrons. The van der Waals surface area contributed by atoms with Gasteiger partial charge in [-0.3, -0.25) is 9.59 Å². The van der Waals surface area contributed by atoms with E-state index in [1.54, 1.807) is 24.3 Å². The maximum atomic E-state index is 12.8. The van der Waals surface area contributed by atoms with Crippen LogP contribution >= 0.6 is 11.3 Å². The highest BCUT2D eigenvalue weighted by atomic mass is 32.1. The molecular formula is C23H30N4O3S. The van der Waals surface area contributed by atoms with Gasteiger partial charge in [-0.05, 0) is 55.4 Å². The monoisotopic (exact) mass is 442 g/mol. The summed E-state index contributed by atoms with van der Waals surface area (Å²) in [5.74, 6) is 0.791. The summed E-state index contributed by atoms with van der Waals surface area (Å²) < 4.78 is 0. The SMILES string of the molecule is CC1CC(C)CN(C(=O)c2ccc(NC(=O)Cc3sc(N4CCCC4)nc3O)cc2)C1. The minimum absolute atomic E-state index is 0.0419. The van der Waals surface area contributed by atoms with Gasteiger partial charge < -0.3 is 20.2 Å². The molecule has 2 fully saturated rings. The predicted octanol–water partition coefficient (Wildman–Crippen LogP) is 3.75. The lowest BCUT2D eigenvalue weighted by Crippen LogP contribution is -2.42. The third-order valence-corrected chi connectivity index (χ3v) is 7.04. The van der Waals surface area contributed by atoms with Gasteiger partial charge in [0.1, 0.15) is 0 Å². The van der Waals surface area contributed by atoms with Crippen molar-refractivity contribution in [2.24, 2.45) is 11.8 Å². The summed E-state index contributed by atoms with van der Waals surface area (Å²) in [5.41, 5.74) is 1.26. The van der Waals surface area contributed by atoms with E-state index in [2.05, 4.69) is 29.0 Å². The van der Waals surface area contributed by atoms with Crippen molar-refractivity contribution in [2.45, 2.75) is 39.5 Å². The van der Waals surface area contributed by atoms with E-state index < -0.39 is 0 Å². The van der Waals surface area contributed by atoms with Gasteiger partial charge in [-0.25, -0.2) is 0 Å². The molecule has 0 radical (unpaired) electrons. The zero-order valence-electron chi connectivity index (χ0n) is 18.1. The highest BCUT2D eigenvalue weighted by Crippen LogP contribution is 2.33. The van der Waals surface area contributed by atoms with Crippen molar-refractivity contribution in [3.05, 3.63) is 34.7 Å². The Kier molecular flexibility index (Phi) is 6.46. The van der Waals surface area contributed by atoms with E-state index >= 15 is 0 Å². The largest absolute Gasteiger partial charge is 0.492 e. The van der Waals surface area contributed by atoms with E-state index in [-0.39, 0.29) is 24.1 Å². The summed E-state index contributed by atoms with van der Waals surface area (Å²) in [6.45, 7) is 7.84. The molecule has 0 aliphatic carbocycles. The first-order chi connectivity index (χ1) is 14.9. The van der Waals surface area contributed by atoms with Crippen LogP contribution in [0.4, 0.5) is 10.8 Å². The quantitative estimate of drug-likeness (QED) is 0.737. The zero-order chi connectivity index (χ0) is 22.0. The van der Waals surface area contributed by atoms with Gasteiger partial charge in [0.25, 0.3) is 5.91 Å². The summed E-state index contributed by atoms with van der Waals surface area (Å²) >= 11 is 1.37. The number of aromatic hydroxyl groups is 1. The number of carbonyl (C=O) groups excluding carboxylic acids is 2. The van der Waals surface area contributed by atoms with Gasteiger partial charge in [-0.1, -0.05) is 25.2 Å². The smallest absolute Gasteiger partial charge is 0.253 e. The van der Waals surface area contributed by atoms with E-state index in [9.17, 15) is 14.7 Å². The van der Waals surface area contributed by atoms with Crippen molar-refractivity contribution < 1.29 is 14.7 Å². The fourth-order valence-corrected chi connectivity index (χ4v) is 5.55. The minimum Gasteiger partial charge on any atom is -0.492 e. The Morgan fingerprint density at radius 2 is 1.77 bits per heavy atom. The molecule has 2 N–H and O–H groups in total. The van der Waals surface area contributed by atoms with Gasteiger partial charge in [0.15, 0.2) is 5.13 Å². The van der Waals surface area contributed by atoms with Gasteiger partial charge in [0, 0.05) is 37.4 Å². The van der Waals surface area contributed by atoms with E-state index in [1.165, 1.54) is 11.3 Å². The number of aromatic nitrogens is 1. The van der Waals surface area contributed by atoms with Crippen LogP contribution in [-0.4, -0.2) is 53.0 Å². The summed E-state index contributed by atoms with van der Waals surface area (Å²) in [4.78, 5) is 34.1. The molecule has 2 unspecified atom stereocenters. The average molecular weight is 443 g/mol. The average Bonchev–Trinajstić information content (AvgIpc) is 3.38. The second kappa shape index (κ2) is 9.26. The van der Waals surface area contributed by atoms with Crippen molar-refractivity contribution in [3.8, 4) is 5.88 Å². The number of thiazole rings is 1. The second-order valence-electron chi connectivity index (χ2n) is 8.90. The summed E-state index contributed by atoms with van der Waals surface area (Å²) in [5, 5.41) is 13.7. The number of rotatable bonds is 5. The van der Waals surface area contributed by atoms with Crippen LogP contribution in [-0.2, 0) is 11.2 Å². The first kappa shape index (κ1) is 21.6. The highest BCUT2D eigenvalue weighted by Gasteiger charge is 2.26. The molecule has 1 aromatic carbocycles. The van der Waals surface area contributed by atoms with Crippen LogP contribution in [0.25, 0.3) is 0 Å². The van der Waals surface area contributed by atoms with Gasteiger partial charge in [-0.2, -0.15) is 4.98 Å². The van der Waals surface area contributed by atoms with Crippen LogP contribution in [0.1, 0.15) is 48.3 Å². The standard InChI is InChI=1S/C23H30N4O3S/c1-15-11-16(2)14-27(13-15)22(30)17-5-7-18(8-6-17)24-20(28)12-19-21(29)25-23(31-19)26-9-3-4-10-26/h5-8,15-16,29H,3-4,9-14H2,1-2H3,(H,24,28). The maximum Gasteiger partial charge on any atom is 0.253 e.